The molecule has 1 aliphatic rings. The molecular weight excluding hydrogens is 218 g/mol. The second kappa shape index (κ2) is 5.07. The van der Waals surface area contributed by atoms with E-state index < -0.39 is 11.5 Å². The molecule has 0 unspecified atom stereocenters. The van der Waals surface area contributed by atoms with E-state index in [1.165, 1.54) is 0 Å². The fraction of sp³-hybridized carbons (Fsp3) is 0.846. The van der Waals surface area contributed by atoms with Crippen molar-refractivity contribution in [3.8, 4) is 0 Å². The Morgan fingerprint density at radius 3 is 2.18 bits per heavy atom. The van der Waals surface area contributed by atoms with Crippen molar-refractivity contribution < 1.29 is 14.7 Å². The molecule has 1 saturated carbocycles. The maximum Gasteiger partial charge on any atom is 0.329 e. The summed E-state index contributed by atoms with van der Waals surface area (Å²) >= 11 is 0. The van der Waals surface area contributed by atoms with Crippen LogP contribution in [0.1, 0.15) is 59.3 Å². The first-order valence-corrected chi connectivity index (χ1v) is 6.30. The predicted molar refractivity (Wildman–Crippen MR) is 65.7 cm³/mol. The van der Waals surface area contributed by atoms with Crippen LogP contribution < -0.4 is 5.32 Å². The molecule has 4 heteroatoms. The first-order valence-electron chi connectivity index (χ1n) is 6.30. The summed E-state index contributed by atoms with van der Waals surface area (Å²) < 4.78 is 0. The Hall–Kier alpha value is -1.06. The van der Waals surface area contributed by atoms with Crippen molar-refractivity contribution >= 4 is 11.9 Å². The average molecular weight is 241 g/mol. The van der Waals surface area contributed by atoms with Crippen LogP contribution in [-0.4, -0.2) is 22.5 Å². The lowest BCUT2D eigenvalue weighted by Gasteiger charge is -2.26. The third kappa shape index (κ3) is 4.02. The third-order valence-corrected chi connectivity index (χ3v) is 3.35. The number of carbonyl (C=O) groups excluding carboxylic acids is 1. The number of rotatable bonds is 4. The number of hydrogen-bond donors (Lipinski definition) is 2. The largest absolute Gasteiger partial charge is 0.480 e. The first-order chi connectivity index (χ1) is 7.75. The van der Waals surface area contributed by atoms with Gasteiger partial charge in [0.1, 0.15) is 5.54 Å². The molecule has 1 rings (SSSR count). The lowest BCUT2D eigenvalue weighted by molar-refractivity contribution is -0.147. The molecule has 0 aliphatic heterocycles. The van der Waals surface area contributed by atoms with E-state index in [1.54, 1.807) is 0 Å². The molecule has 2 N–H and O–H groups in total. The van der Waals surface area contributed by atoms with Crippen LogP contribution in [-0.2, 0) is 9.59 Å². The van der Waals surface area contributed by atoms with Crippen LogP contribution in [0.4, 0.5) is 0 Å². The Balaban J connectivity index is 2.51. The van der Waals surface area contributed by atoms with Gasteiger partial charge >= 0.3 is 5.97 Å². The van der Waals surface area contributed by atoms with E-state index in [4.69, 9.17) is 0 Å². The highest BCUT2D eigenvalue weighted by Gasteiger charge is 2.42. The lowest BCUT2D eigenvalue weighted by atomic mass is 9.90. The van der Waals surface area contributed by atoms with Crippen LogP contribution in [0.15, 0.2) is 0 Å². The Labute approximate surface area is 103 Å². The van der Waals surface area contributed by atoms with Gasteiger partial charge in [0.25, 0.3) is 0 Å². The standard InChI is InChI=1S/C13H23NO3/c1-12(2,3)9-6-10(15)14-13(11(16)17)7-4-5-8-13/h4-9H2,1-3H3,(H,14,15)(H,16,17). The highest BCUT2D eigenvalue weighted by molar-refractivity contribution is 5.87. The van der Waals surface area contributed by atoms with Gasteiger partial charge in [0, 0.05) is 6.42 Å². The molecule has 0 aromatic rings. The fourth-order valence-electron chi connectivity index (χ4n) is 2.19. The van der Waals surface area contributed by atoms with E-state index in [0.29, 0.717) is 19.3 Å². The summed E-state index contributed by atoms with van der Waals surface area (Å²) in [5.74, 6) is -1.02. The van der Waals surface area contributed by atoms with Crippen LogP contribution in [0.3, 0.4) is 0 Å². The molecule has 0 saturated heterocycles. The molecule has 0 aromatic carbocycles. The zero-order chi connectivity index (χ0) is 13.1. The van der Waals surface area contributed by atoms with Gasteiger partial charge in [-0.3, -0.25) is 4.79 Å². The summed E-state index contributed by atoms with van der Waals surface area (Å²) in [5, 5.41) is 12.0. The van der Waals surface area contributed by atoms with E-state index in [9.17, 15) is 14.7 Å². The Kier molecular flexibility index (Phi) is 4.17. The van der Waals surface area contributed by atoms with Crippen molar-refractivity contribution in [3.05, 3.63) is 0 Å². The summed E-state index contributed by atoms with van der Waals surface area (Å²) in [6, 6.07) is 0. The molecule has 98 valence electrons. The van der Waals surface area contributed by atoms with Crippen molar-refractivity contribution in [2.45, 2.75) is 64.8 Å². The highest BCUT2D eigenvalue weighted by Crippen LogP contribution is 2.30. The molecule has 0 heterocycles. The van der Waals surface area contributed by atoms with E-state index >= 15 is 0 Å². The molecule has 1 aliphatic carbocycles. The van der Waals surface area contributed by atoms with Crippen LogP contribution >= 0.6 is 0 Å². The lowest BCUT2D eigenvalue weighted by Crippen LogP contribution is -2.52. The number of hydrogen-bond acceptors (Lipinski definition) is 2. The number of aliphatic carboxylic acids is 1. The maximum absolute atomic E-state index is 11.8. The number of nitrogens with one attached hydrogen (secondary N) is 1. The van der Waals surface area contributed by atoms with Crippen LogP contribution in [0, 0.1) is 5.41 Å². The minimum absolute atomic E-state index is 0.101. The van der Waals surface area contributed by atoms with E-state index in [2.05, 4.69) is 26.1 Å². The molecule has 0 bridgehead atoms. The van der Waals surface area contributed by atoms with Gasteiger partial charge in [0.2, 0.25) is 5.91 Å². The second-order valence-corrected chi connectivity index (χ2v) is 6.20. The molecule has 0 spiro atoms. The Morgan fingerprint density at radius 1 is 1.24 bits per heavy atom. The van der Waals surface area contributed by atoms with Gasteiger partial charge in [0.15, 0.2) is 0 Å². The van der Waals surface area contributed by atoms with Gasteiger partial charge in [-0.2, -0.15) is 0 Å². The maximum atomic E-state index is 11.8. The molecule has 0 aromatic heterocycles. The summed E-state index contributed by atoms with van der Waals surface area (Å²) in [6.45, 7) is 6.22. The quantitative estimate of drug-likeness (QED) is 0.793. The van der Waals surface area contributed by atoms with Gasteiger partial charge in [-0.15, -0.1) is 0 Å². The molecular formula is C13H23NO3. The number of amides is 1. The number of carboxylic acid groups (broad SMARTS) is 1. The van der Waals surface area contributed by atoms with Crippen LogP contribution in [0.25, 0.3) is 0 Å². The number of carbonyl (C=O) groups is 2. The van der Waals surface area contributed by atoms with E-state index in [-0.39, 0.29) is 11.3 Å². The summed E-state index contributed by atoms with van der Waals surface area (Å²) in [6.07, 6.45) is 4.05. The minimum atomic E-state index is -0.991. The molecule has 1 amide bonds. The van der Waals surface area contributed by atoms with Gasteiger partial charge in [-0.1, -0.05) is 33.6 Å². The van der Waals surface area contributed by atoms with Crippen molar-refractivity contribution in [1.82, 2.24) is 5.32 Å². The van der Waals surface area contributed by atoms with Crippen molar-refractivity contribution in [2.24, 2.45) is 5.41 Å². The summed E-state index contributed by atoms with van der Waals surface area (Å²) in [4.78, 5) is 23.0. The molecule has 1 fully saturated rings. The molecule has 4 nitrogen and oxygen atoms in total. The average Bonchev–Trinajstić information content (AvgIpc) is 2.63. The smallest absolute Gasteiger partial charge is 0.329 e. The minimum Gasteiger partial charge on any atom is -0.480 e. The molecule has 0 atom stereocenters. The van der Waals surface area contributed by atoms with Gasteiger partial charge in [-0.05, 0) is 24.7 Å². The summed E-state index contributed by atoms with van der Waals surface area (Å²) in [5.41, 5.74) is -0.891. The van der Waals surface area contributed by atoms with Gasteiger partial charge < -0.3 is 10.4 Å². The fourth-order valence-corrected chi connectivity index (χ4v) is 2.19. The highest BCUT2D eigenvalue weighted by atomic mass is 16.4. The van der Waals surface area contributed by atoms with Gasteiger partial charge in [-0.25, -0.2) is 4.79 Å². The molecule has 17 heavy (non-hydrogen) atoms. The van der Waals surface area contributed by atoms with Crippen LogP contribution in [0.5, 0.6) is 0 Å². The van der Waals surface area contributed by atoms with E-state index in [1.807, 2.05) is 0 Å². The Morgan fingerprint density at radius 2 is 1.76 bits per heavy atom. The Bertz CT molecular complexity index is 298. The van der Waals surface area contributed by atoms with Crippen molar-refractivity contribution in [1.29, 1.82) is 0 Å². The van der Waals surface area contributed by atoms with Crippen molar-refractivity contribution in [3.63, 3.8) is 0 Å². The monoisotopic (exact) mass is 241 g/mol. The van der Waals surface area contributed by atoms with E-state index in [0.717, 1.165) is 19.3 Å². The van der Waals surface area contributed by atoms with Gasteiger partial charge in [0.05, 0.1) is 0 Å². The zero-order valence-electron chi connectivity index (χ0n) is 11.0. The SMILES string of the molecule is CC(C)(C)CCC(=O)NC1(C(=O)O)CCCC1. The third-order valence-electron chi connectivity index (χ3n) is 3.35. The normalized spacial score (nSPS) is 19.0. The first kappa shape index (κ1) is 14.0. The summed E-state index contributed by atoms with van der Waals surface area (Å²) in [7, 11) is 0. The zero-order valence-corrected chi connectivity index (χ0v) is 11.0. The van der Waals surface area contributed by atoms with Crippen LogP contribution in [0.2, 0.25) is 0 Å². The second-order valence-electron chi connectivity index (χ2n) is 6.20. The number of carboxylic acids is 1. The topological polar surface area (TPSA) is 66.4 Å². The molecule has 0 radical (unpaired) electrons. The van der Waals surface area contributed by atoms with Crippen molar-refractivity contribution in [2.75, 3.05) is 0 Å². The predicted octanol–water partition coefficient (Wildman–Crippen LogP) is 2.33.